The highest BCUT2D eigenvalue weighted by molar-refractivity contribution is 5.92. The van der Waals surface area contributed by atoms with Crippen LogP contribution in [0.15, 0.2) is 18.2 Å². The number of hydrogen-bond acceptors (Lipinski definition) is 4. The molecule has 1 atom stereocenters. The van der Waals surface area contributed by atoms with Crippen molar-refractivity contribution in [1.82, 2.24) is 10.3 Å². The number of hydrogen-bond donors (Lipinski definition) is 2. The first-order valence-electron chi connectivity index (χ1n) is 5.61. The van der Waals surface area contributed by atoms with Crippen LogP contribution in [0.5, 0.6) is 0 Å². The minimum atomic E-state index is -0.931. The van der Waals surface area contributed by atoms with Gasteiger partial charge in [0.25, 0.3) is 5.91 Å². The normalized spacial score (nSPS) is 23.6. The molecule has 0 bridgehead atoms. The summed E-state index contributed by atoms with van der Waals surface area (Å²) < 4.78 is 5.10. The predicted octanol–water partition coefficient (Wildman–Crippen LogP) is 0.271. The molecule has 2 rings (SSSR count). The summed E-state index contributed by atoms with van der Waals surface area (Å²) in [6.07, 6.45) is 0.550. The van der Waals surface area contributed by atoms with Gasteiger partial charge in [-0.2, -0.15) is 0 Å². The third-order valence-electron chi connectivity index (χ3n) is 2.78. The highest BCUT2D eigenvalue weighted by Gasteiger charge is 2.32. The summed E-state index contributed by atoms with van der Waals surface area (Å²) in [6, 6.07) is 5.26. The average molecular weight is 236 g/mol. The second kappa shape index (κ2) is 4.81. The third kappa shape index (κ3) is 3.01. The minimum Gasteiger partial charge on any atom is -0.386 e. The number of amides is 1. The van der Waals surface area contributed by atoms with Crippen molar-refractivity contribution in [3.05, 3.63) is 29.6 Å². The third-order valence-corrected chi connectivity index (χ3v) is 2.78. The molecule has 0 saturated carbocycles. The van der Waals surface area contributed by atoms with E-state index in [1.807, 2.05) is 13.0 Å². The Kier molecular flexibility index (Phi) is 3.40. The fourth-order valence-corrected chi connectivity index (χ4v) is 1.74. The van der Waals surface area contributed by atoms with Crippen molar-refractivity contribution >= 4 is 5.91 Å². The monoisotopic (exact) mass is 236 g/mol. The standard InChI is InChI=1S/C12H16N2O3/c1-9-3-2-4-10(14-9)11(15)13-7-12(16)5-6-17-8-12/h2-4,16H,5-8H2,1H3,(H,13,15). The van der Waals surface area contributed by atoms with Crippen LogP contribution < -0.4 is 5.32 Å². The zero-order valence-electron chi connectivity index (χ0n) is 9.77. The lowest BCUT2D eigenvalue weighted by atomic mass is 10.0. The summed E-state index contributed by atoms with van der Waals surface area (Å²) in [4.78, 5) is 15.9. The van der Waals surface area contributed by atoms with E-state index in [9.17, 15) is 9.90 Å². The number of nitrogens with zero attached hydrogens (tertiary/aromatic N) is 1. The minimum absolute atomic E-state index is 0.196. The van der Waals surface area contributed by atoms with Gasteiger partial charge in [0.05, 0.1) is 6.61 Å². The van der Waals surface area contributed by atoms with Gasteiger partial charge >= 0.3 is 0 Å². The van der Waals surface area contributed by atoms with Gasteiger partial charge in [0.1, 0.15) is 11.3 Å². The van der Waals surface area contributed by atoms with Crippen LogP contribution in [0.2, 0.25) is 0 Å². The fraction of sp³-hybridized carbons (Fsp3) is 0.500. The van der Waals surface area contributed by atoms with Gasteiger partial charge in [0.15, 0.2) is 0 Å². The maximum Gasteiger partial charge on any atom is 0.269 e. The predicted molar refractivity (Wildman–Crippen MR) is 61.7 cm³/mol. The summed E-state index contributed by atoms with van der Waals surface area (Å²) in [5, 5.41) is 12.7. The number of aromatic nitrogens is 1. The zero-order chi connectivity index (χ0) is 12.3. The zero-order valence-corrected chi connectivity index (χ0v) is 9.77. The Morgan fingerprint density at radius 2 is 2.47 bits per heavy atom. The molecule has 2 N–H and O–H groups in total. The number of pyridine rings is 1. The molecule has 1 aromatic rings. The summed E-state index contributed by atoms with van der Waals surface area (Å²) in [5.41, 5.74) is 0.229. The highest BCUT2D eigenvalue weighted by atomic mass is 16.5. The molecule has 92 valence electrons. The van der Waals surface area contributed by atoms with Crippen LogP contribution in [-0.2, 0) is 4.74 Å². The number of carbonyl (C=O) groups is 1. The molecule has 0 aliphatic carbocycles. The fourth-order valence-electron chi connectivity index (χ4n) is 1.74. The van der Waals surface area contributed by atoms with E-state index in [0.29, 0.717) is 18.7 Å². The Labute approximate surface area is 99.8 Å². The Hall–Kier alpha value is -1.46. The molecule has 0 aromatic carbocycles. The Morgan fingerprint density at radius 1 is 1.65 bits per heavy atom. The molecule has 1 aliphatic heterocycles. The maximum atomic E-state index is 11.8. The molecular weight excluding hydrogens is 220 g/mol. The SMILES string of the molecule is Cc1cccc(C(=O)NCC2(O)CCOC2)n1. The van der Waals surface area contributed by atoms with Gasteiger partial charge in [-0.1, -0.05) is 6.07 Å². The Morgan fingerprint density at radius 3 is 3.12 bits per heavy atom. The van der Waals surface area contributed by atoms with E-state index >= 15 is 0 Å². The summed E-state index contributed by atoms with van der Waals surface area (Å²) in [7, 11) is 0. The molecule has 0 spiro atoms. The second-order valence-electron chi connectivity index (χ2n) is 4.37. The summed E-state index contributed by atoms with van der Waals surface area (Å²) >= 11 is 0. The van der Waals surface area contributed by atoms with E-state index in [1.54, 1.807) is 12.1 Å². The topological polar surface area (TPSA) is 71.5 Å². The maximum absolute atomic E-state index is 11.8. The first-order valence-corrected chi connectivity index (χ1v) is 5.61. The van der Waals surface area contributed by atoms with Gasteiger partial charge in [0.2, 0.25) is 0 Å². The molecule has 1 fully saturated rings. The number of aryl methyl sites for hydroxylation is 1. The molecule has 1 saturated heterocycles. The molecule has 1 aliphatic rings. The van der Waals surface area contributed by atoms with E-state index in [2.05, 4.69) is 10.3 Å². The first-order chi connectivity index (χ1) is 8.09. The van der Waals surface area contributed by atoms with Gasteiger partial charge in [-0.25, -0.2) is 4.98 Å². The Balaban J connectivity index is 1.93. The molecule has 1 aromatic heterocycles. The van der Waals surface area contributed by atoms with Crippen LogP contribution in [0.3, 0.4) is 0 Å². The molecular formula is C12H16N2O3. The van der Waals surface area contributed by atoms with Crippen molar-refractivity contribution in [3.8, 4) is 0 Å². The quantitative estimate of drug-likeness (QED) is 0.790. The van der Waals surface area contributed by atoms with Crippen molar-refractivity contribution in [2.24, 2.45) is 0 Å². The second-order valence-corrected chi connectivity index (χ2v) is 4.37. The van der Waals surface area contributed by atoms with Crippen LogP contribution in [0, 0.1) is 6.92 Å². The van der Waals surface area contributed by atoms with Crippen molar-refractivity contribution < 1.29 is 14.6 Å². The number of aliphatic hydroxyl groups is 1. The summed E-state index contributed by atoms with van der Waals surface area (Å²) in [6.45, 7) is 2.83. The van der Waals surface area contributed by atoms with Gasteiger partial charge in [0, 0.05) is 25.3 Å². The van der Waals surface area contributed by atoms with Crippen LogP contribution >= 0.6 is 0 Å². The first kappa shape index (κ1) is 12.0. The number of ether oxygens (including phenoxy) is 1. The molecule has 5 heteroatoms. The van der Waals surface area contributed by atoms with E-state index < -0.39 is 5.60 Å². The van der Waals surface area contributed by atoms with Crippen molar-refractivity contribution in [2.45, 2.75) is 18.9 Å². The molecule has 1 amide bonds. The molecule has 2 heterocycles. The molecule has 0 radical (unpaired) electrons. The number of carbonyl (C=O) groups excluding carboxylic acids is 1. The van der Waals surface area contributed by atoms with Crippen molar-refractivity contribution in [1.29, 1.82) is 0 Å². The van der Waals surface area contributed by atoms with Gasteiger partial charge in [-0.15, -0.1) is 0 Å². The number of nitrogens with one attached hydrogen (secondary N) is 1. The molecule has 5 nitrogen and oxygen atoms in total. The molecule has 17 heavy (non-hydrogen) atoms. The van der Waals surface area contributed by atoms with Gasteiger partial charge < -0.3 is 15.2 Å². The average Bonchev–Trinajstić information content (AvgIpc) is 2.74. The van der Waals surface area contributed by atoms with E-state index in [1.165, 1.54) is 0 Å². The lowest BCUT2D eigenvalue weighted by molar-refractivity contribution is 0.0264. The summed E-state index contributed by atoms with van der Waals surface area (Å²) in [5.74, 6) is -0.269. The van der Waals surface area contributed by atoms with Crippen LogP contribution in [0.25, 0.3) is 0 Å². The van der Waals surface area contributed by atoms with Crippen molar-refractivity contribution in [3.63, 3.8) is 0 Å². The Bertz CT molecular complexity index is 414. The van der Waals surface area contributed by atoms with Crippen LogP contribution in [0.4, 0.5) is 0 Å². The smallest absolute Gasteiger partial charge is 0.269 e. The van der Waals surface area contributed by atoms with E-state index in [4.69, 9.17) is 4.74 Å². The largest absolute Gasteiger partial charge is 0.386 e. The lowest BCUT2D eigenvalue weighted by Crippen LogP contribution is -2.43. The van der Waals surface area contributed by atoms with E-state index in [-0.39, 0.29) is 19.1 Å². The van der Waals surface area contributed by atoms with Gasteiger partial charge in [-0.05, 0) is 19.1 Å². The van der Waals surface area contributed by atoms with Crippen LogP contribution in [0.1, 0.15) is 22.6 Å². The lowest BCUT2D eigenvalue weighted by Gasteiger charge is -2.20. The van der Waals surface area contributed by atoms with Gasteiger partial charge in [-0.3, -0.25) is 4.79 Å². The number of rotatable bonds is 3. The van der Waals surface area contributed by atoms with E-state index in [0.717, 1.165) is 5.69 Å². The molecule has 1 unspecified atom stereocenters. The highest BCUT2D eigenvalue weighted by Crippen LogP contribution is 2.16. The van der Waals surface area contributed by atoms with Crippen LogP contribution in [-0.4, -0.2) is 41.4 Å². The van der Waals surface area contributed by atoms with Crippen molar-refractivity contribution in [2.75, 3.05) is 19.8 Å².